The van der Waals surface area contributed by atoms with Crippen LogP contribution in [-0.2, 0) is 4.74 Å². The molecular formula is C21H31N3O3. The molecule has 1 aliphatic rings. The van der Waals surface area contributed by atoms with Gasteiger partial charge >= 0.3 is 0 Å². The molecule has 1 N–H and O–H groups in total. The third-order valence-electron chi connectivity index (χ3n) is 4.06. The summed E-state index contributed by atoms with van der Waals surface area (Å²) in [7, 11) is 0. The molecule has 0 aliphatic heterocycles. The van der Waals surface area contributed by atoms with E-state index in [2.05, 4.69) is 18.1 Å². The normalized spacial score (nSPS) is 16.5. The number of hydrogen-bond donors (Lipinski definition) is 1. The molecule has 1 atom stereocenters. The Labute approximate surface area is 161 Å². The number of nitrogens with zero attached hydrogens (tertiary/aromatic N) is 3. The predicted molar refractivity (Wildman–Crippen MR) is 108 cm³/mol. The van der Waals surface area contributed by atoms with Gasteiger partial charge in [-0.2, -0.15) is 0 Å². The van der Waals surface area contributed by atoms with Gasteiger partial charge in [-0.15, -0.1) is 5.10 Å². The molecule has 0 bridgehead atoms. The van der Waals surface area contributed by atoms with Gasteiger partial charge in [0.15, 0.2) is 5.65 Å². The monoisotopic (exact) mass is 373 g/mol. The van der Waals surface area contributed by atoms with E-state index in [0.717, 1.165) is 41.7 Å². The Morgan fingerprint density at radius 3 is 2.85 bits per heavy atom. The first-order valence-corrected chi connectivity index (χ1v) is 9.82. The lowest BCUT2D eigenvalue weighted by Gasteiger charge is -2.10. The number of hydrogen-bond acceptors (Lipinski definition) is 5. The first-order chi connectivity index (χ1) is 13.2. The van der Waals surface area contributed by atoms with E-state index < -0.39 is 0 Å². The SMILES string of the molecule is CC.CCCOc1nn2cc(C3=CCCC(OCCO)C=C3)nc2cc1C. The number of imidazole rings is 1. The number of ether oxygens (including phenoxy) is 2. The standard InChI is InChI=1S/C19H25N3O3.C2H6/c1-3-10-25-19-14(2)12-18-20-17(13-22(18)21-19)15-5-4-6-16(8-7-15)24-11-9-23;1-2/h5,7-8,12-13,16,23H,3-4,6,9-11H2,1-2H3;1-2H3. The van der Waals surface area contributed by atoms with Crippen LogP contribution in [0.1, 0.15) is 51.3 Å². The van der Waals surface area contributed by atoms with Gasteiger partial charge in [0, 0.05) is 5.56 Å². The maximum absolute atomic E-state index is 8.88. The Bertz CT molecular complexity index is 780. The lowest BCUT2D eigenvalue weighted by Crippen LogP contribution is -2.11. The molecule has 27 heavy (non-hydrogen) atoms. The molecule has 148 valence electrons. The Morgan fingerprint density at radius 1 is 1.30 bits per heavy atom. The van der Waals surface area contributed by atoms with Crippen LogP contribution in [0.2, 0.25) is 0 Å². The summed E-state index contributed by atoms with van der Waals surface area (Å²) in [5.74, 6) is 0.654. The average Bonchev–Trinajstić information content (AvgIpc) is 2.94. The fourth-order valence-corrected chi connectivity index (χ4v) is 2.79. The minimum Gasteiger partial charge on any atom is -0.476 e. The number of aliphatic hydroxyl groups is 1. The van der Waals surface area contributed by atoms with Crippen molar-refractivity contribution in [2.75, 3.05) is 19.8 Å². The Balaban J connectivity index is 0.00000126. The minimum atomic E-state index is 0.0346. The van der Waals surface area contributed by atoms with Crippen LogP contribution in [0.3, 0.4) is 0 Å². The van der Waals surface area contributed by atoms with Crippen molar-refractivity contribution < 1.29 is 14.6 Å². The molecule has 6 heteroatoms. The highest BCUT2D eigenvalue weighted by molar-refractivity contribution is 5.73. The highest BCUT2D eigenvalue weighted by Crippen LogP contribution is 2.23. The molecule has 2 aromatic rings. The maximum atomic E-state index is 8.88. The van der Waals surface area contributed by atoms with Gasteiger partial charge in [0.25, 0.3) is 0 Å². The Kier molecular flexibility index (Phi) is 8.48. The van der Waals surface area contributed by atoms with Crippen LogP contribution in [0.15, 0.2) is 30.5 Å². The second-order valence-corrected chi connectivity index (χ2v) is 6.14. The Morgan fingerprint density at radius 2 is 2.11 bits per heavy atom. The fraction of sp³-hybridized carbons (Fsp3) is 0.524. The number of allylic oxidation sites excluding steroid dienone is 3. The van der Waals surface area contributed by atoms with Gasteiger partial charge in [-0.05, 0) is 37.8 Å². The molecular weight excluding hydrogens is 342 g/mol. The quantitative estimate of drug-likeness (QED) is 0.795. The predicted octanol–water partition coefficient (Wildman–Crippen LogP) is 3.96. The van der Waals surface area contributed by atoms with Crippen molar-refractivity contribution in [3.05, 3.63) is 41.7 Å². The molecule has 2 aromatic heterocycles. The van der Waals surface area contributed by atoms with E-state index in [1.807, 2.05) is 45.2 Å². The number of fused-ring (bicyclic) bond motifs is 1. The summed E-state index contributed by atoms with van der Waals surface area (Å²) in [4.78, 5) is 4.69. The molecule has 0 radical (unpaired) electrons. The molecule has 0 aromatic carbocycles. The van der Waals surface area contributed by atoms with Crippen LogP contribution < -0.4 is 4.74 Å². The summed E-state index contributed by atoms with van der Waals surface area (Å²) in [6, 6.07) is 2.00. The Hall–Kier alpha value is -2.18. The first kappa shape index (κ1) is 21.1. The second-order valence-electron chi connectivity index (χ2n) is 6.14. The zero-order valence-corrected chi connectivity index (χ0v) is 16.8. The van der Waals surface area contributed by atoms with Gasteiger partial charge in [0.05, 0.1) is 37.8 Å². The molecule has 2 heterocycles. The van der Waals surface area contributed by atoms with Crippen LogP contribution >= 0.6 is 0 Å². The summed E-state index contributed by atoms with van der Waals surface area (Å²) in [5.41, 5.74) is 3.75. The van der Waals surface area contributed by atoms with E-state index >= 15 is 0 Å². The van der Waals surface area contributed by atoms with Gasteiger partial charge in [0.2, 0.25) is 5.88 Å². The van der Waals surface area contributed by atoms with Crippen LogP contribution in [0.4, 0.5) is 0 Å². The van der Waals surface area contributed by atoms with Crippen molar-refractivity contribution in [2.24, 2.45) is 0 Å². The smallest absolute Gasteiger partial charge is 0.234 e. The number of aliphatic hydroxyl groups excluding tert-OH is 1. The third kappa shape index (κ3) is 5.65. The molecule has 0 saturated heterocycles. The summed E-state index contributed by atoms with van der Waals surface area (Å²) < 4.78 is 13.1. The molecule has 0 saturated carbocycles. The van der Waals surface area contributed by atoms with Gasteiger partial charge < -0.3 is 14.6 Å². The van der Waals surface area contributed by atoms with Crippen LogP contribution in [0, 0.1) is 6.92 Å². The lowest BCUT2D eigenvalue weighted by molar-refractivity contribution is 0.0511. The van der Waals surface area contributed by atoms with Crippen LogP contribution in [0.5, 0.6) is 5.88 Å². The van der Waals surface area contributed by atoms with E-state index in [4.69, 9.17) is 19.6 Å². The highest BCUT2D eigenvalue weighted by atomic mass is 16.5. The van der Waals surface area contributed by atoms with Crippen molar-refractivity contribution in [1.29, 1.82) is 0 Å². The largest absolute Gasteiger partial charge is 0.476 e. The average molecular weight is 373 g/mol. The van der Waals surface area contributed by atoms with Crippen molar-refractivity contribution in [2.45, 2.75) is 53.1 Å². The van der Waals surface area contributed by atoms with Crippen LogP contribution in [0.25, 0.3) is 11.2 Å². The zero-order chi connectivity index (χ0) is 19.6. The van der Waals surface area contributed by atoms with Crippen molar-refractivity contribution in [3.63, 3.8) is 0 Å². The van der Waals surface area contributed by atoms with Crippen LogP contribution in [-0.4, -0.2) is 45.6 Å². The maximum Gasteiger partial charge on any atom is 0.234 e. The molecule has 1 unspecified atom stereocenters. The van der Waals surface area contributed by atoms with E-state index in [-0.39, 0.29) is 12.7 Å². The second kappa shape index (κ2) is 10.8. The molecule has 0 spiro atoms. The van der Waals surface area contributed by atoms with E-state index in [9.17, 15) is 0 Å². The van der Waals surface area contributed by atoms with E-state index in [1.165, 1.54) is 0 Å². The summed E-state index contributed by atoms with van der Waals surface area (Å²) in [6.45, 7) is 9.13. The number of aromatic nitrogens is 3. The molecule has 1 aliphatic carbocycles. The molecule has 3 rings (SSSR count). The van der Waals surface area contributed by atoms with E-state index in [0.29, 0.717) is 19.1 Å². The van der Waals surface area contributed by atoms with Gasteiger partial charge in [-0.25, -0.2) is 9.50 Å². The zero-order valence-electron chi connectivity index (χ0n) is 16.8. The lowest BCUT2D eigenvalue weighted by atomic mass is 10.2. The first-order valence-electron chi connectivity index (χ1n) is 9.82. The third-order valence-corrected chi connectivity index (χ3v) is 4.06. The summed E-state index contributed by atoms with van der Waals surface area (Å²) >= 11 is 0. The fourth-order valence-electron chi connectivity index (χ4n) is 2.79. The topological polar surface area (TPSA) is 68.9 Å². The number of aryl methyl sites for hydroxylation is 1. The molecule has 0 fully saturated rings. The summed E-state index contributed by atoms with van der Waals surface area (Å²) in [5, 5.41) is 13.4. The van der Waals surface area contributed by atoms with Crippen molar-refractivity contribution >= 4 is 11.2 Å². The van der Waals surface area contributed by atoms with Gasteiger partial charge in [0.1, 0.15) is 0 Å². The van der Waals surface area contributed by atoms with E-state index in [1.54, 1.807) is 4.52 Å². The number of rotatable bonds is 7. The van der Waals surface area contributed by atoms with Crippen molar-refractivity contribution in [3.8, 4) is 5.88 Å². The minimum absolute atomic E-state index is 0.0346. The van der Waals surface area contributed by atoms with Crippen molar-refractivity contribution in [1.82, 2.24) is 14.6 Å². The highest BCUT2D eigenvalue weighted by Gasteiger charge is 2.13. The summed E-state index contributed by atoms with van der Waals surface area (Å²) in [6.07, 6.45) is 11.0. The molecule has 6 nitrogen and oxygen atoms in total. The molecule has 0 amide bonds. The van der Waals surface area contributed by atoms with Gasteiger partial charge in [-0.1, -0.05) is 39.0 Å². The van der Waals surface area contributed by atoms with Gasteiger partial charge in [-0.3, -0.25) is 0 Å².